The fourth-order valence-electron chi connectivity index (χ4n) is 2.53. The maximum atomic E-state index is 12.1. The zero-order chi connectivity index (χ0) is 19.1. The molecule has 0 aliphatic rings. The third kappa shape index (κ3) is 5.34. The molecule has 27 heavy (non-hydrogen) atoms. The van der Waals surface area contributed by atoms with Crippen molar-refractivity contribution in [3.63, 3.8) is 0 Å². The monoisotopic (exact) mass is 365 g/mol. The normalized spacial score (nSPS) is 10.6. The minimum Gasteiger partial charge on any atom is -0.489 e. The van der Waals surface area contributed by atoms with Crippen molar-refractivity contribution in [3.8, 4) is 11.5 Å². The highest BCUT2D eigenvalue weighted by Crippen LogP contribution is 2.19. The molecular formula is C21H23N3O3. The van der Waals surface area contributed by atoms with Crippen LogP contribution in [0, 0.1) is 0 Å². The van der Waals surface area contributed by atoms with Gasteiger partial charge in [-0.05, 0) is 43.7 Å². The molecule has 140 valence electrons. The molecule has 3 rings (SSSR count). The van der Waals surface area contributed by atoms with Crippen molar-refractivity contribution < 1.29 is 14.3 Å². The molecule has 1 heterocycles. The van der Waals surface area contributed by atoms with Crippen LogP contribution in [0.4, 0.5) is 5.82 Å². The summed E-state index contributed by atoms with van der Waals surface area (Å²) in [6.45, 7) is 4.43. The van der Waals surface area contributed by atoms with E-state index in [9.17, 15) is 4.79 Å². The Morgan fingerprint density at radius 1 is 1.00 bits per heavy atom. The summed E-state index contributed by atoms with van der Waals surface area (Å²) in [4.78, 5) is 12.1. The van der Waals surface area contributed by atoms with Gasteiger partial charge in [0, 0.05) is 12.1 Å². The maximum Gasteiger partial charge on any atom is 0.263 e. The number of hydrogen-bond donors (Lipinski definition) is 1. The van der Waals surface area contributed by atoms with Crippen LogP contribution in [0.25, 0.3) is 0 Å². The van der Waals surface area contributed by atoms with Crippen LogP contribution in [0.2, 0.25) is 0 Å². The van der Waals surface area contributed by atoms with E-state index in [1.807, 2.05) is 56.3 Å². The van der Waals surface area contributed by atoms with Crippen LogP contribution in [0.1, 0.15) is 25.5 Å². The number of aromatic nitrogens is 2. The average molecular weight is 365 g/mol. The number of amides is 1. The van der Waals surface area contributed by atoms with Crippen LogP contribution >= 0.6 is 0 Å². The van der Waals surface area contributed by atoms with Crippen LogP contribution in [0.3, 0.4) is 0 Å². The standard InChI is InChI=1S/C21H23N3O3/c1-16(2)24-20(12-13-22-24)23-21(25)15-27-19-10-8-18(9-11-19)26-14-17-6-4-3-5-7-17/h3-13,16H,14-15H2,1-2H3,(H,23,25). The molecule has 0 saturated carbocycles. The van der Waals surface area contributed by atoms with Crippen LogP contribution < -0.4 is 14.8 Å². The fraction of sp³-hybridized carbons (Fsp3) is 0.238. The van der Waals surface area contributed by atoms with E-state index in [1.165, 1.54) is 0 Å². The summed E-state index contributed by atoms with van der Waals surface area (Å²) in [5.74, 6) is 1.77. The third-order valence-corrected chi connectivity index (χ3v) is 3.87. The molecule has 0 spiro atoms. The first-order valence-electron chi connectivity index (χ1n) is 8.85. The quantitative estimate of drug-likeness (QED) is 0.654. The summed E-state index contributed by atoms with van der Waals surface area (Å²) < 4.78 is 13.0. The molecule has 0 saturated heterocycles. The summed E-state index contributed by atoms with van der Waals surface area (Å²) in [5, 5.41) is 6.99. The van der Waals surface area contributed by atoms with Gasteiger partial charge in [0.25, 0.3) is 5.91 Å². The number of hydrogen-bond acceptors (Lipinski definition) is 4. The molecule has 0 radical (unpaired) electrons. The van der Waals surface area contributed by atoms with Crippen molar-refractivity contribution in [2.75, 3.05) is 11.9 Å². The molecule has 3 aromatic rings. The first-order valence-corrected chi connectivity index (χ1v) is 8.85. The predicted octanol–water partition coefficient (Wildman–Crippen LogP) is 4.06. The van der Waals surface area contributed by atoms with Crippen LogP contribution in [-0.4, -0.2) is 22.3 Å². The van der Waals surface area contributed by atoms with Gasteiger partial charge in [-0.15, -0.1) is 0 Å². The zero-order valence-corrected chi connectivity index (χ0v) is 15.5. The maximum absolute atomic E-state index is 12.1. The molecule has 0 aliphatic heterocycles. The Balaban J connectivity index is 1.47. The van der Waals surface area contributed by atoms with Gasteiger partial charge in [0.05, 0.1) is 6.20 Å². The highest BCUT2D eigenvalue weighted by Gasteiger charge is 2.10. The van der Waals surface area contributed by atoms with Gasteiger partial charge in [0.15, 0.2) is 6.61 Å². The molecule has 0 aliphatic carbocycles. The summed E-state index contributed by atoms with van der Waals surface area (Å²) in [7, 11) is 0. The summed E-state index contributed by atoms with van der Waals surface area (Å²) in [6, 6.07) is 19.1. The van der Waals surface area contributed by atoms with Gasteiger partial charge in [0.2, 0.25) is 0 Å². The molecular weight excluding hydrogens is 342 g/mol. The first kappa shape index (κ1) is 18.5. The van der Waals surface area contributed by atoms with E-state index < -0.39 is 0 Å². The van der Waals surface area contributed by atoms with Crippen molar-refractivity contribution in [3.05, 3.63) is 72.4 Å². The molecule has 2 aromatic carbocycles. The predicted molar refractivity (Wildman–Crippen MR) is 104 cm³/mol. The topological polar surface area (TPSA) is 65.4 Å². The van der Waals surface area contributed by atoms with E-state index in [0.717, 1.165) is 11.3 Å². The van der Waals surface area contributed by atoms with Crippen LogP contribution in [0.5, 0.6) is 11.5 Å². The number of carbonyl (C=O) groups is 1. The van der Waals surface area contributed by atoms with E-state index in [0.29, 0.717) is 18.2 Å². The second kappa shape index (κ2) is 8.89. The lowest BCUT2D eigenvalue weighted by Crippen LogP contribution is -2.22. The number of rotatable bonds is 8. The Hall–Kier alpha value is -3.28. The molecule has 0 fully saturated rings. The lowest BCUT2D eigenvalue weighted by Gasteiger charge is -2.12. The lowest BCUT2D eigenvalue weighted by molar-refractivity contribution is -0.118. The Morgan fingerprint density at radius 2 is 1.67 bits per heavy atom. The minimum atomic E-state index is -0.234. The molecule has 0 bridgehead atoms. The Bertz CT molecular complexity index is 858. The van der Waals surface area contributed by atoms with Gasteiger partial charge in [0.1, 0.15) is 23.9 Å². The van der Waals surface area contributed by atoms with Gasteiger partial charge in [-0.1, -0.05) is 30.3 Å². The Morgan fingerprint density at radius 3 is 2.33 bits per heavy atom. The highest BCUT2D eigenvalue weighted by molar-refractivity contribution is 5.91. The highest BCUT2D eigenvalue weighted by atomic mass is 16.5. The van der Waals surface area contributed by atoms with Crippen molar-refractivity contribution in [1.82, 2.24) is 9.78 Å². The van der Waals surface area contributed by atoms with Gasteiger partial charge < -0.3 is 14.8 Å². The Kier molecular flexibility index (Phi) is 6.10. The largest absolute Gasteiger partial charge is 0.489 e. The average Bonchev–Trinajstić information content (AvgIpc) is 3.15. The van der Waals surface area contributed by atoms with Gasteiger partial charge in [-0.2, -0.15) is 5.10 Å². The van der Waals surface area contributed by atoms with Gasteiger partial charge in [-0.3, -0.25) is 4.79 Å². The number of nitrogens with one attached hydrogen (secondary N) is 1. The number of benzene rings is 2. The number of nitrogens with zero attached hydrogens (tertiary/aromatic N) is 2. The van der Waals surface area contributed by atoms with Crippen molar-refractivity contribution in [1.29, 1.82) is 0 Å². The number of ether oxygens (including phenoxy) is 2. The van der Waals surface area contributed by atoms with E-state index in [-0.39, 0.29) is 18.6 Å². The summed E-state index contributed by atoms with van der Waals surface area (Å²) in [6.07, 6.45) is 1.66. The zero-order valence-electron chi connectivity index (χ0n) is 15.5. The van der Waals surface area contributed by atoms with E-state index >= 15 is 0 Å². The second-order valence-corrected chi connectivity index (χ2v) is 6.34. The molecule has 1 amide bonds. The number of anilines is 1. The van der Waals surface area contributed by atoms with E-state index in [2.05, 4.69) is 10.4 Å². The molecule has 0 unspecified atom stereocenters. The first-order chi connectivity index (χ1) is 13.1. The van der Waals surface area contributed by atoms with E-state index in [1.54, 1.807) is 29.1 Å². The minimum absolute atomic E-state index is 0.0759. The third-order valence-electron chi connectivity index (χ3n) is 3.87. The van der Waals surface area contributed by atoms with Crippen LogP contribution in [-0.2, 0) is 11.4 Å². The molecule has 1 N–H and O–H groups in total. The van der Waals surface area contributed by atoms with E-state index in [4.69, 9.17) is 9.47 Å². The SMILES string of the molecule is CC(C)n1nccc1NC(=O)COc1ccc(OCc2ccccc2)cc1. The summed E-state index contributed by atoms with van der Waals surface area (Å²) >= 11 is 0. The molecule has 0 atom stereocenters. The molecule has 6 heteroatoms. The smallest absolute Gasteiger partial charge is 0.263 e. The van der Waals surface area contributed by atoms with Crippen molar-refractivity contribution in [2.45, 2.75) is 26.5 Å². The molecule has 6 nitrogen and oxygen atoms in total. The van der Waals surface area contributed by atoms with Crippen LogP contribution in [0.15, 0.2) is 66.9 Å². The van der Waals surface area contributed by atoms with Gasteiger partial charge in [-0.25, -0.2) is 4.68 Å². The second-order valence-electron chi connectivity index (χ2n) is 6.34. The van der Waals surface area contributed by atoms with Crippen molar-refractivity contribution >= 4 is 11.7 Å². The Labute approximate surface area is 158 Å². The van der Waals surface area contributed by atoms with Crippen molar-refractivity contribution in [2.24, 2.45) is 0 Å². The lowest BCUT2D eigenvalue weighted by atomic mass is 10.2. The summed E-state index contributed by atoms with van der Waals surface area (Å²) in [5.41, 5.74) is 1.11. The number of carbonyl (C=O) groups excluding carboxylic acids is 1. The molecule has 1 aromatic heterocycles. The van der Waals surface area contributed by atoms with Gasteiger partial charge >= 0.3 is 0 Å². The fourth-order valence-corrected chi connectivity index (χ4v) is 2.53.